The summed E-state index contributed by atoms with van der Waals surface area (Å²) in [5.41, 5.74) is 1.26. The van der Waals surface area contributed by atoms with Crippen LogP contribution in [0.5, 0.6) is 5.75 Å². The first-order chi connectivity index (χ1) is 13.7. The topological polar surface area (TPSA) is 60.2 Å². The second-order valence-corrected chi connectivity index (χ2v) is 7.25. The Morgan fingerprint density at radius 2 is 1.82 bits per heavy atom. The van der Waals surface area contributed by atoms with E-state index in [4.69, 9.17) is 9.84 Å². The molecule has 3 rings (SSSR count). The lowest BCUT2D eigenvalue weighted by molar-refractivity contribution is 0.284. The standard InChI is InChI=1S/C21H24FN3O2S/c1-2-27-17-12-10-16(11-13-17)20-23-24-21(28-15-7-3-6-14-26)25(20)19-9-5-4-8-18(19)22/h4-5,8-13,26H,2-3,6-7,14-15H2,1H3. The number of hydrogen-bond donors (Lipinski definition) is 1. The molecule has 0 aliphatic carbocycles. The number of ether oxygens (including phenoxy) is 1. The highest BCUT2D eigenvalue weighted by atomic mass is 32.2. The molecular weight excluding hydrogens is 377 g/mol. The van der Waals surface area contributed by atoms with Crippen molar-refractivity contribution in [3.05, 3.63) is 54.3 Å². The minimum atomic E-state index is -0.323. The normalized spacial score (nSPS) is 11.0. The number of benzene rings is 2. The summed E-state index contributed by atoms with van der Waals surface area (Å²) in [6, 6.07) is 14.2. The molecule has 7 heteroatoms. The Morgan fingerprint density at radius 1 is 1.04 bits per heavy atom. The van der Waals surface area contributed by atoms with Crippen molar-refractivity contribution < 1.29 is 14.2 Å². The van der Waals surface area contributed by atoms with Gasteiger partial charge in [0.25, 0.3) is 0 Å². The molecule has 5 nitrogen and oxygen atoms in total. The molecule has 0 aliphatic rings. The fourth-order valence-corrected chi connectivity index (χ4v) is 3.77. The summed E-state index contributed by atoms with van der Waals surface area (Å²) in [5, 5.41) is 18.2. The molecule has 0 fully saturated rings. The SMILES string of the molecule is CCOc1ccc(-c2nnc(SCCCCCO)n2-c2ccccc2F)cc1. The molecule has 1 aromatic heterocycles. The van der Waals surface area contributed by atoms with Gasteiger partial charge in [-0.2, -0.15) is 0 Å². The van der Waals surface area contributed by atoms with E-state index in [1.807, 2.05) is 31.2 Å². The molecule has 0 spiro atoms. The molecule has 3 aromatic rings. The zero-order chi connectivity index (χ0) is 19.8. The highest BCUT2D eigenvalue weighted by Gasteiger charge is 2.18. The lowest BCUT2D eigenvalue weighted by atomic mass is 10.2. The summed E-state index contributed by atoms with van der Waals surface area (Å²) < 4.78 is 21.8. The number of halogens is 1. The van der Waals surface area contributed by atoms with Crippen molar-refractivity contribution in [2.75, 3.05) is 19.0 Å². The van der Waals surface area contributed by atoms with Crippen LogP contribution in [0.4, 0.5) is 4.39 Å². The maximum Gasteiger partial charge on any atom is 0.196 e. The van der Waals surface area contributed by atoms with Crippen molar-refractivity contribution in [2.45, 2.75) is 31.3 Å². The Kier molecular flexibility index (Phi) is 7.45. The molecule has 0 atom stereocenters. The van der Waals surface area contributed by atoms with Crippen molar-refractivity contribution in [1.29, 1.82) is 0 Å². The second kappa shape index (κ2) is 10.2. The third-order valence-electron chi connectivity index (χ3n) is 4.18. The summed E-state index contributed by atoms with van der Waals surface area (Å²) in [4.78, 5) is 0. The number of nitrogens with zero attached hydrogens (tertiary/aromatic N) is 3. The maximum absolute atomic E-state index is 14.5. The number of aliphatic hydroxyl groups is 1. The quantitative estimate of drug-likeness (QED) is 0.393. The minimum absolute atomic E-state index is 0.206. The van der Waals surface area contributed by atoms with Crippen molar-refractivity contribution in [2.24, 2.45) is 0 Å². The average molecular weight is 402 g/mol. The number of thioether (sulfide) groups is 1. The molecule has 0 saturated heterocycles. The monoisotopic (exact) mass is 401 g/mol. The molecule has 2 aromatic carbocycles. The van der Waals surface area contributed by atoms with Crippen LogP contribution in [0, 0.1) is 5.82 Å². The van der Waals surface area contributed by atoms with Gasteiger partial charge < -0.3 is 9.84 Å². The minimum Gasteiger partial charge on any atom is -0.494 e. The van der Waals surface area contributed by atoms with Crippen molar-refractivity contribution in [1.82, 2.24) is 14.8 Å². The highest BCUT2D eigenvalue weighted by Crippen LogP contribution is 2.30. The van der Waals surface area contributed by atoms with Gasteiger partial charge in [0.15, 0.2) is 11.0 Å². The van der Waals surface area contributed by atoms with E-state index in [-0.39, 0.29) is 12.4 Å². The molecular formula is C21H24FN3O2S. The van der Waals surface area contributed by atoms with Gasteiger partial charge in [0.1, 0.15) is 11.6 Å². The predicted octanol–water partition coefficient (Wildman–Crippen LogP) is 4.73. The Morgan fingerprint density at radius 3 is 2.54 bits per heavy atom. The smallest absolute Gasteiger partial charge is 0.196 e. The molecule has 1 N–H and O–H groups in total. The fraction of sp³-hybridized carbons (Fsp3) is 0.333. The van der Waals surface area contributed by atoms with Crippen LogP contribution in [0.15, 0.2) is 53.7 Å². The number of hydrogen-bond acceptors (Lipinski definition) is 5. The Hall–Kier alpha value is -2.38. The van der Waals surface area contributed by atoms with Crippen LogP contribution >= 0.6 is 11.8 Å². The van der Waals surface area contributed by atoms with Gasteiger partial charge in [0.2, 0.25) is 0 Å². The lowest BCUT2D eigenvalue weighted by Crippen LogP contribution is -2.02. The highest BCUT2D eigenvalue weighted by molar-refractivity contribution is 7.99. The van der Waals surface area contributed by atoms with Crippen molar-refractivity contribution >= 4 is 11.8 Å². The summed E-state index contributed by atoms with van der Waals surface area (Å²) in [6.45, 7) is 2.74. The first kappa shape index (κ1) is 20.4. The number of para-hydroxylation sites is 1. The molecule has 28 heavy (non-hydrogen) atoms. The van der Waals surface area contributed by atoms with Crippen LogP contribution in [-0.2, 0) is 0 Å². The van der Waals surface area contributed by atoms with E-state index >= 15 is 0 Å². The van der Waals surface area contributed by atoms with E-state index in [0.29, 0.717) is 23.3 Å². The summed E-state index contributed by atoms with van der Waals surface area (Å²) in [7, 11) is 0. The first-order valence-electron chi connectivity index (χ1n) is 9.41. The van der Waals surface area contributed by atoms with E-state index in [1.165, 1.54) is 6.07 Å². The number of aliphatic hydroxyl groups excluding tert-OH is 1. The molecule has 0 saturated carbocycles. The molecule has 0 radical (unpaired) electrons. The van der Waals surface area contributed by atoms with E-state index in [1.54, 1.807) is 34.5 Å². The number of unbranched alkanes of at least 4 members (excludes halogenated alkanes) is 2. The van der Waals surface area contributed by atoms with Crippen LogP contribution in [-0.4, -0.2) is 38.8 Å². The van der Waals surface area contributed by atoms with E-state index in [0.717, 1.165) is 36.3 Å². The van der Waals surface area contributed by atoms with Crippen molar-refractivity contribution in [3.63, 3.8) is 0 Å². The van der Waals surface area contributed by atoms with Gasteiger partial charge in [-0.1, -0.05) is 30.3 Å². The molecule has 0 aliphatic heterocycles. The van der Waals surface area contributed by atoms with Gasteiger partial charge in [-0.3, -0.25) is 4.57 Å². The van der Waals surface area contributed by atoms with Crippen LogP contribution in [0.3, 0.4) is 0 Å². The number of rotatable bonds is 10. The van der Waals surface area contributed by atoms with Gasteiger partial charge in [0.05, 0.1) is 12.3 Å². The molecule has 148 valence electrons. The third kappa shape index (κ3) is 4.91. The zero-order valence-corrected chi connectivity index (χ0v) is 16.7. The van der Waals surface area contributed by atoms with Crippen LogP contribution in [0.1, 0.15) is 26.2 Å². The molecule has 0 amide bonds. The predicted molar refractivity (Wildman–Crippen MR) is 110 cm³/mol. The van der Waals surface area contributed by atoms with Crippen molar-refractivity contribution in [3.8, 4) is 22.8 Å². The Balaban J connectivity index is 1.92. The lowest BCUT2D eigenvalue weighted by Gasteiger charge is -2.11. The van der Waals surface area contributed by atoms with E-state index in [9.17, 15) is 4.39 Å². The van der Waals surface area contributed by atoms with E-state index < -0.39 is 0 Å². The van der Waals surface area contributed by atoms with Crippen LogP contribution < -0.4 is 4.74 Å². The summed E-state index contributed by atoms with van der Waals surface area (Å²) in [5.74, 6) is 1.87. The maximum atomic E-state index is 14.5. The largest absolute Gasteiger partial charge is 0.494 e. The number of aromatic nitrogens is 3. The summed E-state index contributed by atoms with van der Waals surface area (Å²) >= 11 is 1.54. The van der Waals surface area contributed by atoms with Crippen LogP contribution in [0.2, 0.25) is 0 Å². The first-order valence-corrected chi connectivity index (χ1v) is 10.4. The fourth-order valence-electron chi connectivity index (χ4n) is 2.82. The third-order valence-corrected chi connectivity index (χ3v) is 5.20. The zero-order valence-electron chi connectivity index (χ0n) is 15.8. The van der Waals surface area contributed by atoms with Gasteiger partial charge in [0, 0.05) is 17.9 Å². The molecule has 1 heterocycles. The summed E-state index contributed by atoms with van der Waals surface area (Å²) in [6.07, 6.45) is 2.69. The Labute approximate surface area is 168 Å². The van der Waals surface area contributed by atoms with Gasteiger partial charge in [-0.05, 0) is 56.2 Å². The molecule has 0 bridgehead atoms. The van der Waals surface area contributed by atoms with Gasteiger partial charge in [-0.25, -0.2) is 4.39 Å². The van der Waals surface area contributed by atoms with Gasteiger partial charge >= 0.3 is 0 Å². The average Bonchev–Trinajstić information content (AvgIpc) is 3.13. The molecule has 0 unspecified atom stereocenters. The van der Waals surface area contributed by atoms with Crippen LogP contribution in [0.25, 0.3) is 17.1 Å². The Bertz CT molecular complexity index is 884. The second-order valence-electron chi connectivity index (χ2n) is 6.18. The van der Waals surface area contributed by atoms with E-state index in [2.05, 4.69) is 10.2 Å². The van der Waals surface area contributed by atoms with Gasteiger partial charge in [-0.15, -0.1) is 10.2 Å².